The van der Waals surface area contributed by atoms with Gasteiger partial charge in [-0.2, -0.15) is 4.99 Å². The number of aliphatic imine (C=N–C) groups is 1. The van der Waals surface area contributed by atoms with Crippen molar-refractivity contribution in [1.82, 2.24) is 30.1 Å². The first-order chi connectivity index (χ1) is 65.1. The van der Waals surface area contributed by atoms with E-state index < -0.39 is 121 Å². The molecular formula is C95H96BrCl2F8N15O13S5. The zero-order valence-corrected chi connectivity index (χ0v) is 83.8. The van der Waals surface area contributed by atoms with E-state index in [2.05, 4.69) is 91.6 Å². The average Bonchev–Trinajstić information content (AvgIpc) is 1.69. The smallest absolute Gasteiger partial charge is 0.338 e. The number of carboxylic acid groups (broad SMARTS) is 1. The summed E-state index contributed by atoms with van der Waals surface area (Å²) in [6.45, 7) is 19.2. The predicted octanol–water partition coefficient (Wildman–Crippen LogP) is 21.3. The van der Waals surface area contributed by atoms with Crippen LogP contribution in [0.2, 0.25) is 0 Å². The van der Waals surface area contributed by atoms with Crippen molar-refractivity contribution >= 4 is 221 Å². The van der Waals surface area contributed by atoms with Crippen molar-refractivity contribution in [2.24, 2.45) is 10.7 Å². The van der Waals surface area contributed by atoms with Crippen LogP contribution in [0.15, 0.2) is 199 Å². The Balaban J connectivity index is 0.000000296. The van der Waals surface area contributed by atoms with Gasteiger partial charge in [0, 0.05) is 54.5 Å². The van der Waals surface area contributed by atoms with Gasteiger partial charge in [0.1, 0.15) is 95.4 Å². The molecule has 0 aliphatic heterocycles. The molecule has 0 saturated carbocycles. The number of thiocarbonyl (C=S) groups is 2. The Hall–Kier alpha value is -13.2. The number of halogens is 11. The van der Waals surface area contributed by atoms with Gasteiger partial charge in [-0.15, -0.1) is 0 Å². The van der Waals surface area contributed by atoms with Crippen LogP contribution in [0.1, 0.15) is 170 Å². The van der Waals surface area contributed by atoms with Gasteiger partial charge in [0.2, 0.25) is 17.3 Å². The SMILES string of the molecule is CC(C)(C)OC(=O)c1cccc(N)c1.CC(C)(C)OC(=O)c1cccc(N=C=S)c1.CC(C)(C)OC(=O)c1cccc(Nc2nc(N)c(C(=O)c3c(F)cccc3F)s2)c1.CN(C)CCN.CN(C)CCNC(=O)c1cccc(Nc2nc(N)c(C(=O)c3c(F)cccc3F)s2)c1.Nc1nc(Nc2cccc(C(=O)O)c2)sc1C(=O)c1c(F)cccc1F.O=C(CBr)c1c(F)cccc1F.S=C(Cl)Cl. The summed E-state index contributed by atoms with van der Waals surface area (Å²) in [4.78, 5) is 127. The summed E-state index contributed by atoms with van der Waals surface area (Å²) in [7, 11) is 7.84. The van der Waals surface area contributed by atoms with Gasteiger partial charge in [-0.1, -0.05) is 140 Å². The highest BCUT2D eigenvalue weighted by molar-refractivity contribution is 9.09. The number of nitrogens with two attached hydrogens (primary N) is 5. The van der Waals surface area contributed by atoms with Gasteiger partial charge in [-0.25, -0.2) is 69.3 Å². The summed E-state index contributed by atoms with van der Waals surface area (Å²) in [6, 6.07) is 45.4. The van der Waals surface area contributed by atoms with E-state index in [1.165, 1.54) is 36.4 Å². The molecule has 0 fully saturated rings. The number of Topliss-reactive ketones (excluding diaryl/α,β-unsaturated/α-hetero) is 1. The second-order valence-corrected chi connectivity index (χ2v) is 37.4. The van der Waals surface area contributed by atoms with E-state index in [9.17, 15) is 78.3 Å². The number of carbonyl (C=O) groups excluding carboxylic acids is 8. The number of hydrogen-bond donors (Lipinski definition) is 10. The summed E-state index contributed by atoms with van der Waals surface area (Å²) in [5, 5.41) is 23.4. The number of nitrogens with one attached hydrogen (secondary N) is 4. The molecule has 0 spiro atoms. The molecule has 0 saturated heterocycles. The van der Waals surface area contributed by atoms with Crippen molar-refractivity contribution < 1.29 is 97.6 Å². The number of isothiocyanates is 1. The molecule has 12 aromatic rings. The second kappa shape index (κ2) is 55.4. The lowest BCUT2D eigenvalue weighted by Gasteiger charge is -2.19. The van der Waals surface area contributed by atoms with Gasteiger partial charge < -0.3 is 79.1 Å². The molecule has 0 aliphatic rings. The molecular weight excluding hydrogens is 2020 g/mol. The monoisotopic (exact) mass is 2120 g/mol. The molecule has 9 aromatic carbocycles. The van der Waals surface area contributed by atoms with Crippen molar-refractivity contribution in [3.63, 3.8) is 0 Å². The van der Waals surface area contributed by atoms with Gasteiger partial charge >= 0.3 is 23.9 Å². The minimum absolute atomic E-state index is 0.0556. The average molecular weight is 2120 g/mol. The highest BCUT2D eigenvalue weighted by Crippen LogP contribution is 2.36. The molecule has 139 heavy (non-hydrogen) atoms. The number of amides is 1. The quantitative estimate of drug-likeness (QED) is 0.00292. The fourth-order valence-corrected chi connectivity index (χ4v) is 13.6. The van der Waals surface area contributed by atoms with E-state index in [0.717, 1.165) is 102 Å². The molecule has 3 aromatic heterocycles. The van der Waals surface area contributed by atoms with E-state index in [1.807, 2.05) is 74.6 Å². The first-order valence-electron chi connectivity index (χ1n) is 40.6. The third-order valence-corrected chi connectivity index (χ3v) is 20.2. The van der Waals surface area contributed by atoms with Crippen molar-refractivity contribution in [3.8, 4) is 0 Å². The number of nitrogens with zero attached hydrogens (tertiary/aromatic N) is 6. The molecule has 0 radical (unpaired) electrons. The van der Waals surface area contributed by atoms with Gasteiger partial charge in [0.15, 0.2) is 25.0 Å². The number of ether oxygens (including phenoxy) is 3. The molecule has 28 nitrogen and oxygen atoms in total. The van der Waals surface area contributed by atoms with Crippen LogP contribution in [0.25, 0.3) is 0 Å². The Morgan fingerprint density at radius 1 is 0.446 bits per heavy atom. The van der Waals surface area contributed by atoms with Crippen LogP contribution >= 0.6 is 97.6 Å². The van der Waals surface area contributed by atoms with Crippen molar-refractivity contribution in [3.05, 3.63) is 305 Å². The summed E-state index contributed by atoms with van der Waals surface area (Å²) in [5.41, 5.74) is 28.3. The topological polar surface area (TPSA) is 437 Å². The van der Waals surface area contributed by atoms with Crippen LogP contribution < -0.4 is 49.9 Å². The lowest BCUT2D eigenvalue weighted by atomic mass is 10.1. The molecule has 3 heterocycles. The van der Waals surface area contributed by atoms with Crippen LogP contribution in [-0.2, 0) is 14.2 Å². The summed E-state index contributed by atoms with van der Waals surface area (Å²) in [6.07, 6.45) is 0. The van der Waals surface area contributed by atoms with Crippen molar-refractivity contribution in [2.75, 3.05) is 98.6 Å². The lowest BCUT2D eigenvalue weighted by molar-refractivity contribution is 0.00571. The van der Waals surface area contributed by atoms with Crippen LogP contribution in [0.3, 0.4) is 0 Å². The number of nitrogen functional groups attached to an aromatic ring is 4. The maximum Gasteiger partial charge on any atom is 0.338 e. The zero-order valence-electron chi connectivity index (χ0n) is 76.6. The minimum atomic E-state index is -1.10. The van der Waals surface area contributed by atoms with E-state index in [0.29, 0.717) is 63.8 Å². The molecule has 1 amide bonds. The number of likely N-dealkylation sites (N-methyl/N-ethyl adjacent to an activating group) is 2. The highest BCUT2D eigenvalue weighted by atomic mass is 79.9. The maximum absolute atomic E-state index is 14.0. The molecule has 15 N–H and O–H groups in total. The Morgan fingerprint density at radius 2 is 0.734 bits per heavy atom. The Kier molecular flexibility index (Phi) is 46.3. The number of hydrogen-bond acceptors (Lipinski definition) is 31. The number of carboxylic acids is 1. The van der Waals surface area contributed by atoms with Gasteiger partial charge in [-0.3, -0.25) is 24.0 Å². The summed E-state index contributed by atoms with van der Waals surface area (Å²) < 4.78 is 125. The number of benzene rings is 9. The minimum Gasteiger partial charge on any atom is -0.478 e. The predicted molar refractivity (Wildman–Crippen MR) is 540 cm³/mol. The molecule has 0 aliphatic carbocycles. The van der Waals surface area contributed by atoms with Crippen LogP contribution in [-0.4, -0.2) is 168 Å². The zero-order chi connectivity index (χ0) is 104. The Bertz CT molecular complexity index is 6330. The molecule has 44 heteroatoms. The third kappa shape index (κ3) is 39.7. The largest absolute Gasteiger partial charge is 0.478 e. The molecule has 12 rings (SSSR count). The lowest BCUT2D eigenvalue weighted by Crippen LogP contribution is -2.31. The summed E-state index contributed by atoms with van der Waals surface area (Å²) >= 11 is 23.5. The van der Waals surface area contributed by atoms with E-state index in [4.69, 9.17) is 71.2 Å². The fourth-order valence-electron chi connectivity index (χ4n) is 10.7. The number of aromatic carboxylic acids is 1. The van der Waals surface area contributed by atoms with Gasteiger partial charge in [0.05, 0.1) is 60.7 Å². The van der Waals surface area contributed by atoms with E-state index in [1.54, 1.807) is 124 Å². The Labute approximate surface area is 836 Å². The maximum atomic E-state index is 14.0. The van der Waals surface area contributed by atoms with Gasteiger partial charge in [0.25, 0.3) is 5.91 Å². The second-order valence-electron chi connectivity index (χ2n) is 31.8. The first-order valence-corrected chi connectivity index (χ1v) is 45.8. The highest BCUT2D eigenvalue weighted by Gasteiger charge is 2.30. The molecule has 0 unspecified atom stereocenters. The Morgan fingerprint density at radius 3 is 1.04 bits per heavy atom. The van der Waals surface area contributed by atoms with Crippen molar-refractivity contribution in [1.29, 1.82) is 0 Å². The first kappa shape index (κ1) is 116. The fraction of sp³-hybridized carbons (Fsp3) is 0.221. The van der Waals surface area contributed by atoms with Crippen molar-refractivity contribution in [2.45, 2.75) is 79.1 Å². The molecule has 0 bridgehead atoms. The van der Waals surface area contributed by atoms with Gasteiger partial charge in [-0.05, 0) is 242 Å². The number of alkyl halides is 1. The third-order valence-electron chi connectivity index (χ3n) is 16.6. The molecule has 736 valence electrons. The number of carbonyl (C=O) groups is 9. The number of rotatable bonds is 25. The number of thiazole rings is 3. The number of ketones is 4. The van der Waals surface area contributed by atoms with Crippen LogP contribution in [0.5, 0.6) is 0 Å². The van der Waals surface area contributed by atoms with Crippen LogP contribution in [0.4, 0.5) is 96.4 Å². The number of aromatic nitrogens is 3. The molecule has 0 atom stereocenters. The van der Waals surface area contributed by atoms with Crippen LogP contribution in [0, 0.1) is 46.5 Å². The normalized spacial score (nSPS) is 10.6. The summed E-state index contributed by atoms with van der Waals surface area (Å²) in [5.74, 6) is -13.8. The van der Waals surface area contributed by atoms with E-state index in [-0.39, 0.29) is 80.0 Å². The van der Waals surface area contributed by atoms with E-state index >= 15 is 0 Å². The standard InChI is InChI=1S/C21H21F2N5O2S.C21H19F2N3O3S.C17H11F2N3O3S.C12H13NO2S.C11H15NO2.C8H5BrF2O.C4H12N2.CCl2S/c1-28(2)10-9-25-20(30)12-5-3-6-13(11-12)26-21-27-19(24)18(31-21)17(29)16-14(22)7-4-8-15(16)23;1-21(2,3)29-19(28)11-6-4-7-12(10-11)25-20-26-18(24)17(30-20)16(27)15-13(22)8-5-9-14(15)23;18-10-5-2-6-11(19)12(10)13(23)14-15(20)22-17(26-14)21-9-4-1-3-8(7-9)16(24)25;1-12(2,3)15-11(14)9-5-4-6-10(7-9)13-8-16;1-11(2,3)14-10(13)8-5-4-6-9(12)7-8;9-4-7(12)8-5(10)2-1-3-6(8)11;1-6(2)4-3-5;2-1(3)4/h3-8,11H,9-10,24H2,1-2H3,(H,25,30)(H,26,27);4-10H,24H2,1-3H3,(H,25,26);1-7H,20H2,(H,21,22)(H,24,25);4-7H,1-3H3;4-7H,12H2,1-3H3;1-3H,4H2;3-5H2,1-2H3;. The number of esters is 3. The number of anilines is 10.